The number of hydrogen-bond donors (Lipinski definition) is 4. The predicted molar refractivity (Wildman–Crippen MR) is 166 cm³/mol. The minimum absolute atomic E-state index is 0.0373. The number of nitrogens with zero attached hydrogens (tertiary/aromatic N) is 3. The van der Waals surface area contributed by atoms with Crippen molar-refractivity contribution in [1.82, 2.24) is 20.9 Å². The first kappa shape index (κ1) is 37.6. The molecule has 0 bridgehead atoms. The normalized spacial score (nSPS) is 20.2. The van der Waals surface area contributed by atoms with Gasteiger partial charge < -0.3 is 35.4 Å². The van der Waals surface area contributed by atoms with Gasteiger partial charge in [-0.25, -0.2) is 14.4 Å². The van der Waals surface area contributed by atoms with Crippen molar-refractivity contribution >= 4 is 24.1 Å². The molecule has 2 saturated carbocycles. The maximum atomic E-state index is 12.6. The average molecular weight is 633 g/mol. The Morgan fingerprint density at radius 2 is 1.13 bits per heavy atom. The van der Waals surface area contributed by atoms with Crippen LogP contribution in [0.3, 0.4) is 0 Å². The van der Waals surface area contributed by atoms with Crippen LogP contribution in [0.4, 0.5) is 9.59 Å². The summed E-state index contributed by atoms with van der Waals surface area (Å²) in [6, 6.07) is 3.22. The lowest BCUT2D eigenvalue weighted by atomic mass is 9.97. The van der Waals surface area contributed by atoms with E-state index in [1.165, 1.54) is 0 Å². The molecule has 4 N–H and O–H groups in total. The zero-order chi connectivity index (χ0) is 33.8. The monoisotopic (exact) mass is 632 g/mol. The maximum absolute atomic E-state index is 12.6. The molecule has 3 amide bonds. The summed E-state index contributed by atoms with van der Waals surface area (Å²) in [7, 11) is 0. The molecule has 0 aromatic carbocycles. The third kappa shape index (κ3) is 15.3. The Morgan fingerprint density at radius 1 is 0.733 bits per heavy atom. The zero-order valence-corrected chi connectivity index (χ0v) is 27.7. The summed E-state index contributed by atoms with van der Waals surface area (Å²) < 4.78 is 10.2. The van der Waals surface area contributed by atoms with E-state index in [9.17, 15) is 19.2 Å². The lowest BCUT2D eigenvalue weighted by Gasteiger charge is -2.32. The molecular weight excluding hydrogens is 580 g/mol. The van der Waals surface area contributed by atoms with Gasteiger partial charge in [0.15, 0.2) is 0 Å². The molecule has 0 unspecified atom stereocenters. The van der Waals surface area contributed by atoms with Gasteiger partial charge in [-0.3, -0.25) is 4.79 Å². The van der Waals surface area contributed by atoms with Gasteiger partial charge in [-0.1, -0.05) is 0 Å². The molecule has 13 nitrogen and oxygen atoms in total. The SMILES string of the molecule is CC(C)(C)OC(=O)N[C@@H](C(=O)N1CCC(C#N)CC1)C1CC1.CC(C)(C)OC(=O)N[C@@H](C(=O)O)C1CC1.N#CC1CCNCC1. The molecule has 252 valence electrons. The second kappa shape index (κ2) is 17.2. The highest BCUT2D eigenvalue weighted by molar-refractivity contribution is 5.86. The van der Waals surface area contributed by atoms with Crippen LogP contribution >= 0.6 is 0 Å². The van der Waals surface area contributed by atoms with Crippen molar-refractivity contribution in [1.29, 1.82) is 10.5 Å². The van der Waals surface area contributed by atoms with E-state index in [4.69, 9.17) is 25.1 Å². The standard InChI is InChI=1S/C16H25N3O3.C10H17NO4.C6H10N2/c1-16(2,3)22-15(21)18-13(12-4-5-12)14(20)19-8-6-11(10-17)7-9-19;1-10(2,3)15-9(14)11-7(8(12)13)6-4-5-6;7-5-6-1-3-8-4-2-6/h11-13H,4-9H2,1-3H3,(H,18,21);6-7H,4-5H2,1-3H3,(H,11,14)(H,12,13);6,8H,1-4H2/t13-;7-;/m11./s1. The van der Waals surface area contributed by atoms with Crippen molar-refractivity contribution in [3.8, 4) is 12.1 Å². The number of carboxylic acid groups (broad SMARTS) is 1. The third-order valence-electron chi connectivity index (χ3n) is 7.57. The number of amides is 3. The van der Waals surface area contributed by atoms with Crippen LogP contribution in [0.25, 0.3) is 0 Å². The number of ether oxygens (including phenoxy) is 2. The van der Waals surface area contributed by atoms with Gasteiger partial charge >= 0.3 is 18.2 Å². The number of hydrogen-bond acceptors (Lipinski definition) is 9. The van der Waals surface area contributed by atoms with Crippen LogP contribution < -0.4 is 16.0 Å². The second-order valence-electron chi connectivity index (χ2n) is 14.1. The molecule has 4 fully saturated rings. The molecule has 2 aliphatic carbocycles. The number of nitrogens with one attached hydrogen (secondary N) is 3. The van der Waals surface area contributed by atoms with E-state index in [0.717, 1.165) is 51.6 Å². The molecule has 2 heterocycles. The highest BCUT2D eigenvalue weighted by Crippen LogP contribution is 2.34. The van der Waals surface area contributed by atoms with Crippen LogP contribution in [-0.4, -0.2) is 83.5 Å². The molecule has 2 saturated heterocycles. The lowest BCUT2D eigenvalue weighted by Crippen LogP contribution is -2.52. The summed E-state index contributed by atoms with van der Waals surface area (Å²) in [6.07, 6.45) is 5.93. The van der Waals surface area contributed by atoms with Crippen LogP contribution in [0.15, 0.2) is 0 Å². The minimum Gasteiger partial charge on any atom is -0.480 e. The van der Waals surface area contributed by atoms with Crippen molar-refractivity contribution in [3.05, 3.63) is 0 Å². The van der Waals surface area contributed by atoms with Crippen LogP contribution in [-0.2, 0) is 19.1 Å². The van der Waals surface area contributed by atoms with Gasteiger partial charge in [0.05, 0.1) is 12.1 Å². The number of carbonyl (C=O) groups excluding carboxylic acids is 3. The molecule has 0 aromatic heterocycles. The maximum Gasteiger partial charge on any atom is 0.408 e. The first-order valence-electron chi connectivity index (χ1n) is 16.0. The molecule has 2 aliphatic heterocycles. The van der Waals surface area contributed by atoms with E-state index in [1.54, 1.807) is 46.4 Å². The van der Waals surface area contributed by atoms with E-state index in [2.05, 4.69) is 28.1 Å². The Morgan fingerprint density at radius 3 is 1.49 bits per heavy atom. The first-order chi connectivity index (χ1) is 21.0. The fraction of sp³-hybridized carbons (Fsp3) is 0.812. The van der Waals surface area contributed by atoms with E-state index >= 15 is 0 Å². The number of aliphatic carboxylic acids is 1. The summed E-state index contributed by atoms with van der Waals surface area (Å²) in [4.78, 5) is 48.5. The largest absolute Gasteiger partial charge is 0.480 e. The molecule has 4 rings (SSSR count). The summed E-state index contributed by atoms with van der Waals surface area (Å²) in [6.45, 7) is 13.8. The van der Waals surface area contributed by atoms with Crippen molar-refractivity contribution in [3.63, 3.8) is 0 Å². The highest BCUT2D eigenvalue weighted by Gasteiger charge is 2.41. The number of alkyl carbamates (subject to hydrolysis) is 2. The Hall–Kier alpha value is -3.58. The zero-order valence-electron chi connectivity index (χ0n) is 27.7. The number of rotatable bonds is 6. The third-order valence-corrected chi connectivity index (χ3v) is 7.57. The lowest BCUT2D eigenvalue weighted by molar-refractivity contribution is -0.140. The smallest absolute Gasteiger partial charge is 0.408 e. The number of carboxylic acids is 1. The summed E-state index contributed by atoms with van der Waals surface area (Å²) in [5.41, 5.74) is -1.18. The predicted octanol–water partition coefficient (Wildman–Crippen LogP) is 3.94. The quantitative estimate of drug-likeness (QED) is 0.333. The summed E-state index contributed by atoms with van der Waals surface area (Å²) in [5, 5.41) is 34.5. The van der Waals surface area contributed by atoms with Crippen molar-refractivity contribution in [2.24, 2.45) is 23.7 Å². The van der Waals surface area contributed by atoms with E-state index in [1.807, 2.05) is 0 Å². The second-order valence-corrected chi connectivity index (χ2v) is 14.1. The number of piperidine rings is 2. The Kier molecular flexibility index (Phi) is 14.4. The Balaban J connectivity index is 0.000000263. The van der Waals surface area contributed by atoms with Gasteiger partial charge in [-0.15, -0.1) is 0 Å². The van der Waals surface area contributed by atoms with E-state index < -0.39 is 41.4 Å². The number of nitriles is 2. The van der Waals surface area contributed by atoms with Gasteiger partial charge in [-0.2, -0.15) is 10.5 Å². The van der Waals surface area contributed by atoms with Crippen LogP contribution in [0.1, 0.15) is 92.9 Å². The van der Waals surface area contributed by atoms with Crippen LogP contribution in [0.2, 0.25) is 0 Å². The Labute approximate surface area is 267 Å². The van der Waals surface area contributed by atoms with Crippen molar-refractivity contribution < 1.29 is 33.8 Å². The summed E-state index contributed by atoms with van der Waals surface area (Å²) in [5.74, 6) is -0.379. The van der Waals surface area contributed by atoms with Gasteiger partial charge in [-0.05, 0) is 118 Å². The fourth-order valence-electron chi connectivity index (χ4n) is 4.87. The fourth-order valence-corrected chi connectivity index (χ4v) is 4.87. The Bertz CT molecular complexity index is 1080. The van der Waals surface area contributed by atoms with E-state index in [0.29, 0.717) is 31.8 Å². The number of carbonyl (C=O) groups is 4. The average Bonchev–Trinajstić information content (AvgIpc) is 3.88. The van der Waals surface area contributed by atoms with Crippen LogP contribution in [0.5, 0.6) is 0 Å². The van der Waals surface area contributed by atoms with Crippen LogP contribution in [0, 0.1) is 46.3 Å². The minimum atomic E-state index is -0.997. The topological polar surface area (TPSA) is 194 Å². The van der Waals surface area contributed by atoms with Crippen molar-refractivity contribution in [2.45, 2.75) is 116 Å². The van der Waals surface area contributed by atoms with E-state index in [-0.39, 0.29) is 23.7 Å². The van der Waals surface area contributed by atoms with Gasteiger partial charge in [0, 0.05) is 24.9 Å². The first-order valence-corrected chi connectivity index (χ1v) is 16.0. The molecule has 13 heteroatoms. The molecule has 2 atom stereocenters. The van der Waals surface area contributed by atoms with Gasteiger partial charge in [0.1, 0.15) is 23.3 Å². The van der Waals surface area contributed by atoms with Crippen molar-refractivity contribution in [2.75, 3.05) is 26.2 Å². The molecule has 0 spiro atoms. The van der Waals surface area contributed by atoms with Gasteiger partial charge in [0.25, 0.3) is 0 Å². The number of likely N-dealkylation sites (tertiary alicyclic amines) is 1. The summed E-state index contributed by atoms with van der Waals surface area (Å²) >= 11 is 0. The molecule has 0 radical (unpaired) electrons. The molecule has 45 heavy (non-hydrogen) atoms. The molecule has 4 aliphatic rings. The molecule has 0 aromatic rings. The highest BCUT2D eigenvalue weighted by atomic mass is 16.6. The molecular formula is C32H52N6O7. The van der Waals surface area contributed by atoms with Gasteiger partial charge in [0.2, 0.25) is 5.91 Å².